The van der Waals surface area contributed by atoms with Crippen LogP contribution in [0.5, 0.6) is 0 Å². The number of nitrogens with two attached hydrogens (primary N) is 1. The standard InChI is InChI=1S/C16H26N2O2/c1-11(2)14(19)20-16-8-12-5-13(9-16)7-15(6-12,10-16)18-4-3-17/h12-13,18H,1,3-10,17H2,2H3. The van der Waals surface area contributed by atoms with E-state index in [2.05, 4.69) is 11.9 Å². The SMILES string of the molecule is C=C(C)C(=O)OC12CC3CC(CC(NCCN)(C3)C1)C2. The van der Waals surface area contributed by atoms with E-state index in [9.17, 15) is 4.79 Å². The smallest absolute Gasteiger partial charge is 0.333 e. The van der Waals surface area contributed by atoms with Crippen molar-refractivity contribution in [2.24, 2.45) is 17.6 Å². The van der Waals surface area contributed by atoms with E-state index in [1.807, 2.05) is 0 Å². The van der Waals surface area contributed by atoms with E-state index >= 15 is 0 Å². The Labute approximate surface area is 121 Å². The van der Waals surface area contributed by atoms with Gasteiger partial charge < -0.3 is 15.8 Å². The van der Waals surface area contributed by atoms with Gasteiger partial charge in [-0.3, -0.25) is 0 Å². The predicted octanol–water partition coefficient (Wildman–Crippen LogP) is 1.75. The highest BCUT2D eigenvalue weighted by Crippen LogP contribution is 2.58. The molecule has 0 aliphatic heterocycles. The van der Waals surface area contributed by atoms with Crippen molar-refractivity contribution in [3.63, 3.8) is 0 Å². The van der Waals surface area contributed by atoms with E-state index in [-0.39, 0.29) is 17.1 Å². The molecule has 2 atom stereocenters. The van der Waals surface area contributed by atoms with E-state index in [4.69, 9.17) is 10.5 Å². The predicted molar refractivity (Wildman–Crippen MR) is 78.1 cm³/mol. The Bertz CT molecular complexity index is 418. The lowest BCUT2D eigenvalue weighted by molar-refractivity contribution is -0.188. The molecule has 112 valence electrons. The first-order valence-electron chi connectivity index (χ1n) is 7.80. The molecule has 0 aromatic carbocycles. The summed E-state index contributed by atoms with van der Waals surface area (Å²) >= 11 is 0. The van der Waals surface area contributed by atoms with Gasteiger partial charge in [-0.2, -0.15) is 0 Å². The highest BCUT2D eigenvalue weighted by molar-refractivity contribution is 5.87. The van der Waals surface area contributed by atoms with Crippen LogP contribution >= 0.6 is 0 Å². The summed E-state index contributed by atoms with van der Waals surface area (Å²) < 4.78 is 5.91. The lowest BCUT2D eigenvalue weighted by atomic mass is 9.51. The van der Waals surface area contributed by atoms with Crippen LogP contribution in [0.25, 0.3) is 0 Å². The normalized spacial score (nSPS) is 41.7. The summed E-state index contributed by atoms with van der Waals surface area (Å²) in [5.41, 5.74) is 6.06. The van der Waals surface area contributed by atoms with Crippen molar-refractivity contribution >= 4 is 5.97 Å². The van der Waals surface area contributed by atoms with E-state index < -0.39 is 0 Å². The maximum absolute atomic E-state index is 12.0. The monoisotopic (exact) mass is 278 g/mol. The summed E-state index contributed by atoms with van der Waals surface area (Å²) in [6.07, 6.45) is 6.76. The number of carbonyl (C=O) groups excluding carboxylic acids is 1. The largest absolute Gasteiger partial charge is 0.456 e. The molecule has 0 heterocycles. The number of carbonyl (C=O) groups is 1. The van der Waals surface area contributed by atoms with Crippen molar-refractivity contribution in [2.45, 2.75) is 56.6 Å². The van der Waals surface area contributed by atoms with Gasteiger partial charge in [0.15, 0.2) is 0 Å². The first kappa shape index (κ1) is 14.1. The molecular formula is C16H26N2O2. The summed E-state index contributed by atoms with van der Waals surface area (Å²) in [6.45, 7) is 6.95. The van der Waals surface area contributed by atoms with Gasteiger partial charge in [0, 0.05) is 30.6 Å². The molecule has 4 bridgehead atoms. The molecule has 4 fully saturated rings. The third-order valence-corrected chi connectivity index (χ3v) is 5.31. The summed E-state index contributed by atoms with van der Waals surface area (Å²) in [4.78, 5) is 12.0. The summed E-state index contributed by atoms with van der Waals surface area (Å²) in [7, 11) is 0. The molecule has 0 saturated heterocycles. The van der Waals surface area contributed by atoms with Gasteiger partial charge in [-0.15, -0.1) is 0 Å². The lowest BCUT2D eigenvalue weighted by Gasteiger charge is -2.61. The van der Waals surface area contributed by atoms with Gasteiger partial charge in [0.1, 0.15) is 5.60 Å². The average Bonchev–Trinajstić information content (AvgIpc) is 2.34. The molecule has 0 radical (unpaired) electrons. The van der Waals surface area contributed by atoms with Crippen molar-refractivity contribution in [2.75, 3.05) is 13.1 Å². The number of hydrogen-bond donors (Lipinski definition) is 2. The second kappa shape index (κ2) is 4.85. The van der Waals surface area contributed by atoms with Crippen molar-refractivity contribution < 1.29 is 9.53 Å². The molecule has 0 spiro atoms. The first-order chi connectivity index (χ1) is 9.46. The minimum atomic E-state index is -0.248. The van der Waals surface area contributed by atoms with Crippen molar-refractivity contribution in [3.05, 3.63) is 12.2 Å². The topological polar surface area (TPSA) is 64.3 Å². The van der Waals surface area contributed by atoms with Crippen LogP contribution in [0.1, 0.15) is 45.4 Å². The molecule has 2 unspecified atom stereocenters. The fraction of sp³-hybridized carbons (Fsp3) is 0.812. The summed E-state index contributed by atoms with van der Waals surface area (Å²) in [5, 5.41) is 3.67. The molecule has 0 amide bonds. The van der Waals surface area contributed by atoms with Crippen LogP contribution < -0.4 is 11.1 Å². The Hall–Kier alpha value is -0.870. The highest BCUT2D eigenvalue weighted by Gasteiger charge is 2.59. The van der Waals surface area contributed by atoms with Crippen LogP contribution in [0, 0.1) is 11.8 Å². The number of esters is 1. The first-order valence-corrected chi connectivity index (χ1v) is 7.80. The van der Waals surface area contributed by atoms with Crippen molar-refractivity contribution in [1.82, 2.24) is 5.32 Å². The van der Waals surface area contributed by atoms with Gasteiger partial charge in [-0.25, -0.2) is 4.79 Å². The fourth-order valence-corrected chi connectivity index (χ4v) is 5.13. The third-order valence-electron chi connectivity index (χ3n) is 5.31. The van der Waals surface area contributed by atoms with E-state index in [0.29, 0.717) is 24.0 Å². The Morgan fingerprint density at radius 1 is 1.35 bits per heavy atom. The maximum Gasteiger partial charge on any atom is 0.333 e. The van der Waals surface area contributed by atoms with Crippen LogP contribution in [-0.2, 0) is 9.53 Å². The van der Waals surface area contributed by atoms with E-state index in [0.717, 1.165) is 25.8 Å². The van der Waals surface area contributed by atoms with Crippen LogP contribution in [-0.4, -0.2) is 30.2 Å². The number of rotatable bonds is 5. The molecule has 20 heavy (non-hydrogen) atoms. The Kier molecular flexibility index (Phi) is 3.41. The van der Waals surface area contributed by atoms with Gasteiger partial charge >= 0.3 is 5.97 Å². The zero-order valence-electron chi connectivity index (χ0n) is 12.4. The van der Waals surface area contributed by atoms with Gasteiger partial charge in [0.25, 0.3) is 0 Å². The zero-order valence-corrected chi connectivity index (χ0v) is 12.4. The summed E-state index contributed by atoms with van der Waals surface area (Å²) in [6, 6.07) is 0. The minimum Gasteiger partial charge on any atom is -0.456 e. The molecule has 4 heteroatoms. The van der Waals surface area contributed by atoms with E-state index in [1.165, 1.54) is 19.3 Å². The number of ether oxygens (including phenoxy) is 1. The number of hydrogen-bond acceptors (Lipinski definition) is 4. The second-order valence-corrected chi connectivity index (χ2v) is 7.31. The molecule has 0 aromatic rings. The Morgan fingerprint density at radius 3 is 2.55 bits per heavy atom. The fourth-order valence-electron chi connectivity index (χ4n) is 5.13. The molecule has 0 aromatic heterocycles. The van der Waals surface area contributed by atoms with Crippen LogP contribution in [0.3, 0.4) is 0 Å². The molecule has 4 rings (SSSR count). The van der Waals surface area contributed by atoms with Crippen LogP contribution in [0.15, 0.2) is 12.2 Å². The molecule has 4 aliphatic rings. The Morgan fingerprint density at radius 2 is 2.00 bits per heavy atom. The highest BCUT2D eigenvalue weighted by atomic mass is 16.6. The number of nitrogens with one attached hydrogen (secondary N) is 1. The quantitative estimate of drug-likeness (QED) is 0.594. The summed E-state index contributed by atoms with van der Waals surface area (Å²) in [5.74, 6) is 1.17. The Balaban J connectivity index is 1.79. The van der Waals surface area contributed by atoms with Crippen LogP contribution in [0.4, 0.5) is 0 Å². The van der Waals surface area contributed by atoms with Gasteiger partial charge in [-0.05, 0) is 50.9 Å². The molecule has 4 aliphatic carbocycles. The van der Waals surface area contributed by atoms with Crippen LogP contribution in [0.2, 0.25) is 0 Å². The lowest BCUT2D eigenvalue weighted by Crippen LogP contribution is -2.66. The molecule has 4 saturated carbocycles. The van der Waals surface area contributed by atoms with Gasteiger partial charge in [0.05, 0.1) is 0 Å². The molecular weight excluding hydrogens is 252 g/mol. The average molecular weight is 278 g/mol. The molecule has 3 N–H and O–H groups in total. The van der Waals surface area contributed by atoms with E-state index in [1.54, 1.807) is 6.92 Å². The third kappa shape index (κ3) is 2.40. The van der Waals surface area contributed by atoms with Crippen molar-refractivity contribution in [3.8, 4) is 0 Å². The van der Waals surface area contributed by atoms with Gasteiger partial charge in [0.2, 0.25) is 0 Å². The minimum absolute atomic E-state index is 0.152. The second-order valence-electron chi connectivity index (χ2n) is 7.31. The van der Waals surface area contributed by atoms with Gasteiger partial charge in [-0.1, -0.05) is 6.58 Å². The zero-order chi connectivity index (χ0) is 14.4. The van der Waals surface area contributed by atoms with Crippen molar-refractivity contribution in [1.29, 1.82) is 0 Å². The molecule has 4 nitrogen and oxygen atoms in total. The maximum atomic E-state index is 12.0.